The number of hydrogen-bond donors (Lipinski definition) is 1. The molecule has 1 aliphatic rings. The van der Waals surface area contributed by atoms with Gasteiger partial charge in [-0.2, -0.15) is 11.8 Å². The van der Waals surface area contributed by atoms with Gasteiger partial charge in [0.25, 0.3) is 0 Å². The number of nitrogens with one attached hydrogen (secondary N) is 1. The predicted molar refractivity (Wildman–Crippen MR) is 71.7 cm³/mol. The van der Waals surface area contributed by atoms with Crippen LogP contribution in [-0.4, -0.2) is 23.6 Å². The average molecular weight is 229 g/mol. The van der Waals surface area contributed by atoms with Gasteiger partial charge in [-0.25, -0.2) is 0 Å². The highest BCUT2D eigenvalue weighted by atomic mass is 32.2. The molecule has 2 unspecified atom stereocenters. The van der Waals surface area contributed by atoms with Crippen LogP contribution >= 0.6 is 11.8 Å². The van der Waals surface area contributed by atoms with E-state index < -0.39 is 0 Å². The molecule has 0 aromatic carbocycles. The van der Waals surface area contributed by atoms with Gasteiger partial charge in [0.1, 0.15) is 0 Å². The Morgan fingerprint density at radius 1 is 1.27 bits per heavy atom. The Morgan fingerprint density at radius 2 is 1.93 bits per heavy atom. The quantitative estimate of drug-likeness (QED) is 0.712. The Morgan fingerprint density at radius 3 is 2.40 bits per heavy atom. The van der Waals surface area contributed by atoms with E-state index in [0.29, 0.717) is 0 Å². The molecule has 0 bridgehead atoms. The van der Waals surface area contributed by atoms with Gasteiger partial charge in [-0.15, -0.1) is 0 Å². The molecule has 1 saturated carbocycles. The van der Waals surface area contributed by atoms with E-state index in [4.69, 9.17) is 0 Å². The zero-order valence-corrected chi connectivity index (χ0v) is 11.4. The van der Waals surface area contributed by atoms with E-state index in [1.165, 1.54) is 44.9 Å². The summed E-state index contributed by atoms with van der Waals surface area (Å²) in [5.41, 5.74) is 0. The molecular weight excluding hydrogens is 202 g/mol. The average Bonchev–Trinajstić information content (AvgIpc) is 2.75. The first-order valence-corrected chi connectivity index (χ1v) is 7.58. The zero-order chi connectivity index (χ0) is 11.1. The molecule has 0 radical (unpaired) electrons. The molecule has 1 rings (SSSR count). The van der Waals surface area contributed by atoms with E-state index in [-0.39, 0.29) is 0 Å². The monoisotopic (exact) mass is 229 g/mol. The Balaban J connectivity index is 2.37. The molecule has 0 aromatic rings. The second kappa shape index (κ2) is 7.56. The lowest BCUT2D eigenvalue weighted by Gasteiger charge is -2.27. The minimum absolute atomic E-state index is 0.727. The van der Waals surface area contributed by atoms with E-state index in [1.807, 2.05) is 0 Å². The molecule has 1 fully saturated rings. The highest BCUT2D eigenvalue weighted by Gasteiger charge is 2.24. The summed E-state index contributed by atoms with van der Waals surface area (Å²) < 4.78 is 0. The molecule has 0 amide bonds. The van der Waals surface area contributed by atoms with Crippen molar-refractivity contribution >= 4 is 11.8 Å². The third kappa shape index (κ3) is 4.36. The van der Waals surface area contributed by atoms with Crippen molar-refractivity contribution < 1.29 is 0 Å². The van der Waals surface area contributed by atoms with Crippen LogP contribution in [0.2, 0.25) is 0 Å². The fraction of sp³-hybridized carbons (Fsp3) is 1.00. The van der Waals surface area contributed by atoms with Crippen LogP contribution in [0.1, 0.15) is 58.8 Å². The lowest BCUT2D eigenvalue weighted by molar-refractivity contribution is 0.489. The molecule has 0 aromatic heterocycles. The van der Waals surface area contributed by atoms with Crippen LogP contribution in [0.5, 0.6) is 0 Å². The van der Waals surface area contributed by atoms with Crippen molar-refractivity contribution in [3.63, 3.8) is 0 Å². The van der Waals surface area contributed by atoms with Crippen molar-refractivity contribution in [1.29, 1.82) is 0 Å². The summed E-state index contributed by atoms with van der Waals surface area (Å²) in [5, 5.41) is 5.30. The van der Waals surface area contributed by atoms with E-state index in [1.54, 1.807) is 0 Å². The van der Waals surface area contributed by atoms with Gasteiger partial charge in [0.05, 0.1) is 0 Å². The van der Waals surface area contributed by atoms with Crippen molar-refractivity contribution in [2.45, 2.75) is 75.3 Å². The SMILES string of the molecule is CCCC(NC)C(CC)SC1CCCC1. The molecular formula is C13H27NS. The van der Waals surface area contributed by atoms with Gasteiger partial charge in [-0.1, -0.05) is 33.1 Å². The van der Waals surface area contributed by atoms with E-state index >= 15 is 0 Å². The molecule has 0 heterocycles. The molecule has 0 saturated heterocycles. The van der Waals surface area contributed by atoms with Crippen LogP contribution in [0.15, 0.2) is 0 Å². The third-order valence-corrected chi connectivity index (χ3v) is 5.36. The van der Waals surface area contributed by atoms with E-state index in [0.717, 1.165) is 16.5 Å². The number of thioether (sulfide) groups is 1. The van der Waals surface area contributed by atoms with Crippen molar-refractivity contribution in [3.8, 4) is 0 Å². The van der Waals surface area contributed by atoms with Gasteiger partial charge < -0.3 is 5.32 Å². The Hall–Kier alpha value is 0.310. The van der Waals surface area contributed by atoms with E-state index in [2.05, 4.69) is 38.0 Å². The summed E-state index contributed by atoms with van der Waals surface area (Å²) in [4.78, 5) is 0. The van der Waals surface area contributed by atoms with Crippen molar-refractivity contribution in [3.05, 3.63) is 0 Å². The van der Waals surface area contributed by atoms with Crippen molar-refractivity contribution in [2.75, 3.05) is 7.05 Å². The Labute approximate surface area is 99.8 Å². The first kappa shape index (κ1) is 13.4. The summed E-state index contributed by atoms with van der Waals surface area (Å²) in [6, 6.07) is 0.727. The van der Waals surface area contributed by atoms with Gasteiger partial charge in [-0.3, -0.25) is 0 Å². The molecule has 0 spiro atoms. The minimum Gasteiger partial charge on any atom is -0.316 e. The molecule has 2 heteroatoms. The fourth-order valence-electron chi connectivity index (χ4n) is 2.57. The van der Waals surface area contributed by atoms with Crippen LogP contribution in [0, 0.1) is 0 Å². The normalized spacial score (nSPS) is 21.8. The Bertz CT molecular complexity index is 155. The largest absolute Gasteiger partial charge is 0.316 e. The van der Waals surface area contributed by atoms with Crippen LogP contribution in [0.4, 0.5) is 0 Å². The summed E-state index contributed by atoms with van der Waals surface area (Å²) in [5.74, 6) is 0. The molecule has 0 aliphatic heterocycles. The van der Waals surface area contributed by atoms with Crippen molar-refractivity contribution in [2.24, 2.45) is 0 Å². The number of rotatable bonds is 7. The first-order valence-electron chi connectivity index (χ1n) is 6.64. The van der Waals surface area contributed by atoms with Crippen LogP contribution in [0.3, 0.4) is 0 Å². The van der Waals surface area contributed by atoms with Gasteiger partial charge >= 0.3 is 0 Å². The summed E-state index contributed by atoms with van der Waals surface area (Å²) in [7, 11) is 2.12. The Kier molecular flexibility index (Phi) is 6.74. The molecule has 15 heavy (non-hydrogen) atoms. The fourth-order valence-corrected chi connectivity index (χ4v) is 4.33. The molecule has 2 atom stereocenters. The molecule has 90 valence electrons. The van der Waals surface area contributed by atoms with Crippen LogP contribution in [0.25, 0.3) is 0 Å². The first-order chi connectivity index (χ1) is 7.31. The molecule has 1 N–H and O–H groups in total. The minimum atomic E-state index is 0.727. The van der Waals surface area contributed by atoms with Gasteiger partial charge in [0.15, 0.2) is 0 Å². The highest BCUT2D eigenvalue weighted by molar-refractivity contribution is 8.00. The third-order valence-electron chi connectivity index (χ3n) is 3.49. The van der Waals surface area contributed by atoms with Gasteiger partial charge in [0.2, 0.25) is 0 Å². The van der Waals surface area contributed by atoms with E-state index in [9.17, 15) is 0 Å². The van der Waals surface area contributed by atoms with Crippen molar-refractivity contribution in [1.82, 2.24) is 5.32 Å². The maximum Gasteiger partial charge on any atom is 0.0201 e. The summed E-state index contributed by atoms with van der Waals surface area (Å²) >= 11 is 2.26. The standard InChI is InChI=1S/C13H27NS/c1-4-8-12(14-3)13(5-2)15-11-9-6-7-10-11/h11-14H,4-10H2,1-3H3. The smallest absolute Gasteiger partial charge is 0.0201 e. The lowest BCUT2D eigenvalue weighted by Crippen LogP contribution is -2.36. The molecule has 1 aliphatic carbocycles. The summed E-state index contributed by atoms with van der Waals surface area (Å²) in [6.07, 6.45) is 9.79. The molecule has 1 nitrogen and oxygen atoms in total. The lowest BCUT2D eigenvalue weighted by atomic mass is 10.1. The topological polar surface area (TPSA) is 12.0 Å². The number of hydrogen-bond acceptors (Lipinski definition) is 2. The van der Waals surface area contributed by atoms with Gasteiger partial charge in [0, 0.05) is 16.5 Å². The van der Waals surface area contributed by atoms with Gasteiger partial charge in [-0.05, 0) is 32.7 Å². The summed E-state index contributed by atoms with van der Waals surface area (Å²) in [6.45, 7) is 4.63. The van der Waals surface area contributed by atoms with Crippen LogP contribution < -0.4 is 5.32 Å². The second-order valence-electron chi connectivity index (χ2n) is 4.67. The van der Waals surface area contributed by atoms with Crippen LogP contribution in [-0.2, 0) is 0 Å². The maximum atomic E-state index is 3.51. The highest BCUT2D eigenvalue weighted by Crippen LogP contribution is 2.35. The second-order valence-corrected chi connectivity index (χ2v) is 6.22. The zero-order valence-electron chi connectivity index (χ0n) is 10.6. The maximum absolute atomic E-state index is 3.51. The predicted octanol–water partition coefficient (Wildman–Crippen LogP) is 3.83.